The molecule has 2 aromatic heterocycles. The summed E-state index contributed by atoms with van der Waals surface area (Å²) in [7, 11) is 2.21. The summed E-state index contributed by atoms with van der Waals surface area (Å²) in [5.41, 5.74) is 4.21. The van der Waals surface area contributed by atoms with Gasteiger partial charge < -0.3 is 4.57 Å². The van der Waals surface area contributed by atoms with Gasteiger partial charge in [0.1, 0.15) is 0 Å². The second-order valence-electron chi connectivity index (χ2n) is 6.56. The molecule has 5 rings (SSSR count). The molecule has 3 aromatic carbocycles. The molecule has 0 saturated carbocycles. The number of aryl methyl sites for hydroxylation is 2. The van der Waals surface area contributed by atoms with Gasteiger partial charge in [-0.15, -0.1) is 11.3 Å². The average molecular weight is 329 g/mol. The van der Waals surface area contributed by atoms with Crippen molar-refractivity contribution in [2.75, 3.05) is 0 Å². The van der Waals surface area contributed by atoms with Crippen LogP contribution in [0.2, 0.25) is 0 Å². The SMILES string of the molecule is CCCc1cc2sc3ccccc3c2c2c3ccccc3n(C)c12. The molecule has 0 spiro atoms. The van der Waals surface area contributed by atoms with Crippen LogP contribution in [0.4, 0.5) is 0 Å². The van der Waals surface area contributed by atoms with Gasteiger partial charge in [-0.2, -0.15) is 0 Å². The van der Waals surface area contributed by atoms with Crippen LogP contribution in [0.25, 0.3) is 42.0 Å². The maximum absolute atomic E-state index is 2.44. The number of aromatic nitrogens is 1. The summed E-state index contributed by atoms with van der Waals surface area (Å²) >= 11 is 1.93. The summed E-state index contributed by atoms with van der Waals surface area (Å²) in [4.78, 5) is 0. The Hall–Kier alpha value is -2.32. The first-order valence-corrected chi connectivity index (χ1v) is 9.41. The lowest BCUT2D eigenvalue weighted by Crippen LogP contribution is -1.93. The maximum Gasteiger partial charge on any atom is 0.0528 e. The van der Waals surface area contributed by atoms with E-state index in [9.17, 15) is 0 Å². The number of rotatable bonds is 2. The molecule has 1 nitrogen and oxygen atoms in total. The van der Waals surface area contributed by atoms with E-state index in [1.165, 1.54) is 54.0 Å². The van der Waals surface area contributed by atoms with Crippen LogP contribution in [-0.2, 0) is 13.5 Å². The molecule has 0 aliphatic carbocycles. The molecule has 2 heterocycles. The zero-order valence-electron chi connectivity index (χ0n) is 14.0. The van der Waals surface area contributed by atoms with Crippen molar-refractivity contribution in [3.05, 3.63) is 60.2 Å². The Bertz CT molecular complexity index is 1220. The van der Waals surface area contributed by atoms with Crippen molar-refractivity contribution in [3.63, 3.8) is 0 Å². The number of hydrogen-bond donors (Lipinski definition) is 0. The van der Waals surface area contributed by atoms with E-state index in [4.69, 9.17) is 0 Å². The highest BCUT2D eigenvalue weighted by Gasteiger charge is 2.18. The maximum atomic E-state index is 2.44. The molecule has 0 aliphatic heterocycles. The molecule has 0 amide bonds. The number of fused-ring (bicyclic) bond motifs is 7. The van der Waals surface area contributed by atoms with Crippen molar-refractivity contribution in [1.82, 2.24) is 4.57 Å². The lowest BCUT2D eigenvalue weighted by atomic mass is 10.00. The topological polar surface area (TPSA) is 4.93 Å². The predicted molar refractivity (Wildman–Crippen MR) is 107 cm³/mol. The Morgan fingerprint density at radius 1 is 0.875 bits per heavy atom. The van der Waals surface area contributed by atoms with Crippen molar-refractivity contribution in [3.8, 4) is 0 Å². The van der Waals surface area contributed by atoms with Gasteiger partial charge in [-0.25, -0.2) is 0 Å². The molecule has 0 fully saturated rings. The van der Waals surface area contributed by atoms with Crippen LogP contribution in [-0.4, -0.2) is 4.57 Å². The molecule has 0 atom stereocenters. The van der Waals surface area contributed by atoms with Crippen LogP contribution >= 0.6 is 11.3 Å². The van der Waals surface area contributed by atoms with Gasteiger partial charge >= 0.3 is 0 Å². The second-order valence-corrected chi connectivity index (χ2v) is 7.64. The third-order valence-corrected chi connectivity index (χ3v) is 6.23. The lowest BCUT2D eigenvalue weighted by molar-refractivity contribution is 0.913. The smallest absolute Gasteiger partial charge is 0.0528 e. The van der Waals surface area contributed by atoms with Crippen LogP contribution in [0, 0.1) is 0 Å². The fourth-order valence-corrected chi connectivity index (χ4v) is 5.31. The predicted octanol–water partition coefficient (Wildman–Crippen LogP) is 6.65. The Morgan fingerprint density at radius 2 is 1.62 bits per heavy atom. The van der Waals surface area contributed by atoms with Crippen LogP contribution in [0.15, 0.2) is 54.6 Å². The highest BCUT2D eigenvalue weighted by atomic mass is 32.1. The van der Waals surface area contributed by atoms with Crippen molar-refractivity contribution in [2.24, 2.45) is 7.05 Å². The largest absolute Gasteiger partial charge is 0.343 e. The molecule has 118 valence electrons. The van der Waals surface area contributed by atoms with E-state index in [-0.39, 0.29) is 0 Å². The normalized spacial score (nSPS) is 12.1. The van der Waals surface area contributed by atoms with Crippen LogP contribution < -0.4 is 0 Å². The van der Waals surface area contributed by atoms with E-state index >= 15 is 0 Å². The minimum atomic E-state index is 1.13. The van der Waals surface area contributed by atoms with Crippen molar-refractivity contribution >= 4 is 53.3 Å². The van der Waals surface area contributed by atoms with Crippen LogP contribution in [0.3, 0.4) is 0 Å². The Kier molecular flexibility index (Phi) is 2.98. The van der Waals surface area contributed by atoms with Gasteiger partial charge in [-0.3, -0.25) is 0 Å². The molecule has 0 bridgehead atoms. The number of nitrogens with zero attached hydrogens (tertiary/aromatic N) is 1. The first-order valence-electron chi connectivity index (χ1n) is 8.60. The molecule has 0 aliphatic rings. The average Bonchev–Trinajstić information content (AvgIpc) is 3.11. The second kappa shape index (κ2) is 5.09. The van der Waals surface area contributed by atoms with E-state index < -0.39 is 0 Å². The van der Waals surface area contributed by atoms with E-state index in [1.807, 2.05) is 11.3 Å². The molecule has 24 heavy (non-hydrogen) atoms. The highest BCUT2D eigenvalue weighted by molar-refractivity contribution is 7.26. The quantitative estimate of drug-likeness (QED) is 0.341. The first kappa shape index (κ1) is 14.1. The summed E-state index contributed by atoms with van der Waals surface area (Å²) in [6.07, 6.45) is 2.30. The number of para-hydroxylation sites is 1. The van der Waals surface area contributed by atoms with E-state index in [0.29, 0.717) is 0 Å². The van der Waals surface area contributed by atoms with Gasteiger partial charge in [-0.05, 0) is 30.2 Å². The molecular weight excluding hydrogens is 310 g/mol. The Morgan fingerprint density at radius 3 is 2.46 bits per heavy atom. The first-order chi connectivity index (χ1) is 11.8. The van der Waals surface area contributed by atoms with E-state index in [0.717, 1.165) is 6.42 Å². The van der Waals surface area contributed by atoms with Gasteiger partial charge in [0.05, 0.1) is 5.52 Å². The highest BCUT2D eigenvalue weighted by Crippen LogP contribution is 2.43. The number of hydrogen-bond acceptors (Lipinski definition) is 1. The monoisotopic (exact) mass is 329 g/mol. The fraction of sp³-hybridized carbons (Fsp3) is 0.182. The number of thiophene rings is 1. The summed E-state index contributed by atoms with van der Waals surface area (Å²) < 4.78 is 5.19. The summed E-state index contributed by atoms with van der Waals surface area (Å²) in [5.74, 6) is 0. The van der Waals surface area contributed by atoms with E-state index in [1.54, 1.807) is 0 Å². The minimum Gasteiger partial charge on any atom is -0.343 e. The molecule has 2 heteroatoms. The summed E-state index contributed by atoms with van der Waals surface area (Å²) in [6, 6.07) is 20.1. The molecule has 0 radical (unpaired) electrons. The van der Waals surface area contributed by atoms with Crippen molar-refractivity contribution < 1.29 is 0 Å². The van der Waals surface area contributed by atoms with Crippen molar-refractivity contribution in [2.45, 2.75) is 19.8 Å². The zero-order valence-corrected chi connectivity index (χ0v) is 14.8. The molecule has 0 N–H and O–H groups in total. The molecule has 0 saturated heterocycles. The third kappa shape index (κ3) is 1.75. The van der Waals surface area contributed by atoms with Gasteiger partial charge in [0.2, 0.25) is 0 Å². The Balaban J connectivity index is 2.14. The summed E-state index contributed by atoms with van der Waals surface area (Å²) in [5, 5.41) is 5.64. The van der Waals surface area contributed by atoms with Gasteiger partial charge in [0.15, 0.2) is 0 Å². The summed E-state index contributed by atoms with van der Waals surface area (Å²) in [6.45, 7) is 2.27. The number of benzene rings is 3. The molecule has 0 unspecified atom stereocenters. The van der Waals surface area contributed by atoms with Gasteiger partial charge in [0.25, 0.3) is 0 Å². The van der Waals surface area contributed by atoms with Crippen LogP contribution in [0.5, 0.6) is 0 Å². The molecular formula is C22H19NS. The minimum absolute atomic E-state index is 1.13. The Labute approximate surface area is 145 Å². The zero-order chi connectivity index (χ0) is 16.3. The van der Waals surface area contributed by atoms with E-state index in [2.05, 4.69) is 73.1 Å². The van der Waals surface area contributed by atoms with Crippen LogP contribution in [0.1, 0.15) is 18.9 Å². The van der Waals surface area contributed by atoms with Gasteiger partial charge in [0, 0.05) is 43.5 Å². The fourth-order valence-electron chi connectivity index (χ4n) is 4.13. The third-order valence-electron chi connectivity index (χ3n) is 5.11. The molecule has 5 aromatic rings. The lowest BCUT2D eigenvalue weighted by Gasteiger charge is -2.07. The van der Waals surface area contributed by atoms with Gasteiger partial charge in [-0.1, -0.05) is 49.7 Å². The standard InChI is InChI=1S/C22H19NS/c1-3-8-14-13-19-20(16-10-5-7-12-18(16)24-19)21-15-9-4-6-11-17(15)23(2)22(14)21/h4-7,9-13H,3,8H2,1-2H3. The van der Waals surface area contributed by atoms with Crippen molar-refractivity contribution in [1.29, 1.82) is 0 Å².